The van der Waals surface area contributed by atoms with Crippen LogP contribution in [0.2, 0.25) is 0 Å². The number of aryl methyl sites for hydroxylation is 2. The maximum atomic E-state index is 12.1. The quantitative estimate of drug-likeness (QED) is 0.411. The number of hydrogen-bond acceptors (Lipinski definition) is 3. The predicted molar refractivity (Wildman–Crippen MR) is 118 cm³/mol. The SMILES string of the molecule is Cc1ccc2cc(-c3ccc(CCCC(=O)Cc4cccnc4)cc3)ccc2n1. The van der Waals surface area contributed by atoms with Crippen molar-refractivity contribution < 1.29 is 4.79 Å². The Morgan fingerprint density at radius 3 is 2.52 bits per heavy atom. The van der Waals surface area contributed by atoms with Gasteiger partial charge in [0.05, 0.1) is 5.52 Å². The zero-order valence-electron chi connectivity index (χ0n) is 16.6. The second-order valence-corrected chi connectivity index (χ2v) is 7.49. The van der Waals surface area contributed by atoms with Crippen molar-refractivity contribution in [3.63, 3.8) is 0 Å². The first-order chi connectivity index (χ1) is 14.2. The summed E-state index contributed by atoms with van der Waals surface area (Å²) in [4.78, 5) is 20.8. The number of nitrogens with zero attached hydrogens (tertiary/aromatic N) is 2. The summed E-state index contributed by atoms with van der Waals surface area (Å²) in [5, 5.41) is 1.16. The van der Waals surface area contributed by atoms with Crippen LogP contribution in [0, 0.1) is 6.92 Å². The summed E-state index contributed by atoms with van der Waals surface area (Å²) in [6.07, 6.45) is 6.37. The van der Waals surface area contributed by atoms with Crippen LogP contribution in [0.3, 0.4) is 0 Å². The van der Waals surface area contributed by atoms with E-state index in [0.29, 0.717) is 12.8 Å². The fourth-order valence-electron chi connectivity index (χ4n) is 3.58. The molecule has 0 aliphatic rings. The Labute approximate surface area is 171 Å². The minimum absolute atomic E-state index is 0.273. The minimum Gasteiger partial charge on any atom is -0.299 e. The number of rotatable bonds is 7. The van der Waals surface area contributed by atoms with Crippen molar-refractivity contribution in [3.8, 4) is 11.1 Å². The molecule has 0 saturated carbocycles. The number of fused-ring (bicyclic) bond motifs is 1. The van der Waals surface area contributed by atoms with E-state index in [0.717, 1.165) is 35.0 Å². The van der Waals surface area contributed by atoms with Crippen LogP contribution in [0.15, 0.2) is 79.1 Å². The van der Waals surface area contributed by atoms with Crippen molar-refractivity contribution in [2.75, 3.05) is 0 Å². The van der Waals surface area contributed by atoms with Crippen LogP contribution < -0.4 is 0 Å². The average Bonchev–Trinajstić information content (AvgIpc) is 2.74. The van der Waals surface area contributed by atoms with Gasteiger partial charge in [-0.3, -0.25) is 14.8 Å². The van der Waals surface area contributed by atoms with Crippen LogP contribution in [0.4, 0.5) is 0 Å². The van der Waals surface area contributed by atoms with E-state index in [4.69, 9.17) is 0 Å². The fourth-order valence-corrected chi connectivity index (χ4v) is 3.58. The number of pyridine rings is 2. The molecule has 4 rings (SSSR count). The lowest BCUT2D eigenvalue weighted by atomic mass is 9.99. The van der Waals surface area contributed by atoms with Gasteiger partial charge in [0.1, 0.15) is 5.78 Å². The van der Waals surface area contributed by atoms with Gasteiger partial charge in [0.25, 0.3) is 0 Å². The molecule has 2 aromatic carbocycles. The highest BCUT2D eigenvalue weighted by atomic mass is 16.1. The third-order valence-electron chi connectivity index (χ3n) is 5.16. The summed E-state index contributed by atoms with van der Waals surface area (Å²) in [6.45, 7) is 2.01. The Morgan fingerprint density at radius 2 is 1.72 bits per heavy atom. The average molecular weight is 380 g/mol. The summed E-state index contributed by atoms with van der Waals surface area (Å²) in [5.74, 6) is 0.273. The van der Waals surface area contributed by atoms with E-state index in [1.54, 1.807) is 12.4 Å². The molecule has 0 amide bonds. The van der Waals surface area contributed by atoms with Crippen molar-refractivity contribution in [2.24, 2.45) is 0 Å². The summed E-state index contributed by atoms with van der Waals surface area (Å²) in [7, 11) is 0. The van der Waals surface area contributed by atoms with Crippen LogP contribution in [-0.2, 0) is 17.6 Å². The first-order valence-electron chi connectivity index (χ1n) is 10.0. The molecular weight excluding hydrogens is 356 g/mol. The van der Waals surface area contributed by atoms with E-state index >= 15 is 0 Å². The molecule has 0 spiro atoms. The molecule has 3 nitrogen and oxygen atoms in total. The third kappa shape index (κ3) is 4.94. The topological polar surface area (TPSA) is 42.9 Å². The maximum Gasteiger partial charge on any atom is 0.137 e. The Bertz CT molecular complexity index is 1120. The predicted octanol–water partition coefficient (Wildman–Crippen LogP) is 5.74. The fraction of sp³-hybridized carbons (Fsp3) is 0.192. The summed E-state index contributed by atoms with van der Waals surface area (Å²) in [5.41, 5.74) is 6.71. The molecule has 0 aliphatic heterocycles. The summed E-state index contributed by atoms with van der Waals surface area (Å²) >= 11 is 0. The normalized spacial score (nSPS) is 10.9. The molecule has 0 N–H and O–H groups in total. The molecule has 144 valence electrons. The van der Waals surface area contributed by atoms with Crippen molar-refractivity contribution in [1.29, 1.82) is 0 Å². The number of carbonyl (C=O) groups is 1. The molecule has 2 aromatic heterocycles. The Hall–Kier alpha value is -3.33. The van der Waals surface area contributed by atoms with Crippen LogP contribution in [-0.4, -0.2) is 15.8 Å². The first kappa shape index (κ1) is 19.0. The lowest BCUT2D eigenvalue weighted by Gasteiger charge is -2.07. The second kappa shape index (κ2) is 8.78. The molecule has 0 aliphatic carbocycles. The van der Waals surface area contributed by atoms with Gasteiger partial charge in [0.15, 0.2) is 0 Å². The van der Waals surface area contributed by atoms with Crippen LogP contribution in [0.25, 0.3) is 22.0 Å². The molecule has 29 heavy (non-hydrogen) atoms. The summed E-state index contributed by atoms with van der Waals surface area (Å²) in [6, 6.07) is 23.0. The van der Waals surface area contributed by atoms with E-state index in [1.165, 1.54) is 16.7 Å². The van der Waals surface area contributed by atoms with Gasteiger partial charge in [-0.1, -0.05) is 42.5 Å². The van der Waals surface area contributed by atoms with Crippen molar-refractivity contribution in [3.05, 3.63) is 95.9 Å². The van der Waals surface area contributed by atoms with Crippen molar-refractivity contribution in [1.82, 2.24) is 9.97 Å². The van der Waals surface area contributed by atoms with E-state index in [1.807, 2.05) is 25.1 Å². The molecular formula is C26H24N2O. The van der Waals surface area contributed by atoms with Gasteiger partial charge in [-0.05, 0) is 66.3 Å². The van der Waals surface area contributed by atoms with Gasteiger partial charge in [-0.15, -0.1) is 0 Å². The van der Waals surface area contributed by atoms with Crippen molar-refractivity contribution >= 4 is 16.7 Å². The maximum absolute atomic E-state index is 12.1. The number of hydrogen-bond donors (Lipinski definition) is 0. The Morgan fingerprint density at radius 1 is 0.897 bits per heavy atom. The molecule has 0 saturated heterocycles. The van der Waals surface area contributed by atoms with Gasteiger partial charge >= 0.3 is 0 Å². The monoisotopic (exact) mass is 380 g/mol. The van der Waals surface area contributed by atoms with Crippen LogP contribution in [0.5, 0.6) is 0 Å². The lowest BCUT2D eigenvalue weighted by molar-refractivity contribution is -0.118. The molecule has 0 bridgehead atoms. The molecule has 0 radical (unpaired) electrons. The summed E-state index contributed by atoms with van der Waals surface area (Å²) < 4.78 is 0. The molecule has 0 unspecified atom stereocenters. The third-order valence-corrected chi connectivity index (χ3v) is 5.16. The van der Waals surface area contributed by atoms with Gasteiger partial charge in [-0.2, -0.15) is 0 Å². The van der Waals surface area contributed by atoms with E-state index < -0.39 is 0 Å². The van der Waals surface area contributed by atoms with E-state index in [9.17, 15) is 4.79 Å². The number of aromatic nitrogens is 2. The molecule has 3 heteroatoms. The van der Waals surface area contributed by atoms with Gasteiger partial charge in [0.2, 0.25) is 0 Å². The zero-order chi connectivity index (χ0) is 20.1. The van der Waals surface area contributed by atoms with Crippen LogP contribution >= 0.6 is 0 Å². The van der Waals surface area contributed by atoms with Crippen LogP contribution in [0.1, 0.15) is 29.7 Å². The highest BCUT2D eigenvalue weighted by Crippen LogP contribution is 2.24. The van der Waals surface area contributed by atoms with Crippen molar-refractivity contribution in [2.45, 2.75) is 32.6 Å². The molecule has 0 fully saturated rings. The lowest BCUT2D eigenvalue weighted by Crippen LogP contribution is -2.03. The molecule has 4 aromatic rings. The van der Waals surface area contributed by atoms with Gasteiger partial charge < -0.3 is 0 Å². The molecule has 0 atom stereocenters. The molecule has 2 heterocycles. The number of benzene rings is 2. The largest absolute Gasteiger partial charge is 0.299 e. The number of Topliss-reactive ketones (excluding diaryl/α,β-unsaturated/α-hetero) is 1. The van der Waals surface area contributed by atoms with E-state index in [-0.39, 0.29) is 5.78 Å². The standard InChI is InChI=1S/C26H24N2O/c1-19-7-10-24-17-23(13-14-26(24)28-19)22-11-8-20(9-12-22)4-2-6-25(29)16-21-5-3-15-27-18-21/h3,5,7-15,17-18H,2,4,6,16H2,1H3. The smallest absolute Gasteiger partial charge is 0.137 e. The van der Waals surface area contributed by atoms with Gasteiger partial charge in [-0.25, -0.2) is 0 Å². The first-order valence-corrected chi connectivity index (χ1v) is 10.0. The number of carbonyl (C=O) groups excluding carboxylic acids is 1. The Balaban J connectivity index is 1.34. The minimum atomic E-state index is 0.273. The van der Waals surface area contributed by atoms with Gasteiger partial charge in [0, 0.05) is 36.3 Å². The zero-order valence-corrected chi connectivity index (χ0v) is 16.6. The highest BCUT2D eigenvalue weighted by molar-refractivity contribution is 5.84. The van der Waals surface area contributed by atoms with E-state index in [2.05, 4.69) is 58.5 Å². The highest BCUT2D eigenvalue weighted by Gasteiger charge is 2.05. The second-order valence-electron chi connectivity index (χ2n) is 7.49. The number of ketones is 1. The Kier molecular flexibility index (Phi) is 5.76.